The molecule has 0 N–H and O–H groups in total. The molecule has 0 radical (unpaired) electrons. The Balaban J connectivity index is 1.53. The van der Waals surface area contributed by atoms with Crippen LogP contribution < -0.4 is 4.90 Å². The Morgan fingerprint density at radius 3 is 2.23 bits per heavy atom. The van der Waals surface area contributed by atoms with Crippen molar-refractivity contribution < 1.29 is 23.9 Å². The second-order valence-corrected chi connectivity index (χ2v) is 7.54. The third-order valence-corrected chi connectivity index (χ3v) is 5.77. The molecule has 2 unspecified atom stereocenters. The molecule has 0 bridgehead atoms. The molecule has 0 saturated carbocycles. The van der Waals surface area contributed by atoms with E-state index in [0.717, 1.165) is 10.5 Å². The molecular formula is C23H22N2O5. The minimum absolute atomic E-state index is 0.00698. The topological polar surface area (TPSA) is 84.0 Å². The summed E-state index contributed by atoms with van der Waals surface area (Å²) in [6.45, 7) is 1.89. The van der Waals surface area contributed by atoms with Crippen LogP contribution in [0.4, 0.5) is 5.69 Å². The Morgan fingerprint density at radius 1 is 1.00 bits per heavy atom. The van der Waals surface area contributed by atoms with E-state index < -0.39 is 5.92 Å². The van der Waals surface area contributed by atoms with Gasteiger partial charge in [-0.2, -0.15) is 0 Å². The Hall–Kier alpha value is -3.48. The van der Waals surface area contributed by atoms with Crippen molar-refractivity contribution in [3.8, 4) is 0 Å². The molecule has 3 amide bonds. The van der Waals surface area contributed by atoms with Crippen LogP contribution in [0.15, 0.2) is 48.5 Å². The van der Waals surface area contributed by atoms with Crippen molar-refractivity contribution in [2.45, 2.75) is 31.7 Å². The number of fused-ring (bicyclic) bond motifs is 2. The summed E-state index contributed by atoms with van der Waals surface area (Å²) in [6, 6.07) is 13.7. The average molecular weight is 406 g/mol. The van der Waals surface area contributed by atoms with Crippen molar-refractivity contribution in [2.24, 2.45) is 0 Å². The van der Waals surface area contributed by atoms with Gasteiger partial charge in [0.25, 0.3) is 11.8 Å². The van der Waals surface area contributed by atoms with Crippen molar-refractivity contribution in [1.29, 1.82) is 0 Å². The zero-order valence-corrected chi connectivity index (χ0v) is 16.8. The molecule has 2 aliphatic rings. The number of amides is 3. The molecule has 2 aliphatic heterocycles. The maximum absolute atomic E-state index is 13.1. The minimum atomic E-state index is -0.429. The number of hydrogen-bond donors (Lipinski definition) is 0. The van der Waals surface area contributed by atoms with Gasteiger partial charge in [0.05, 0.1) is 24.2 Å². The zero-order valence-electron chi connectivity index (χ0n) is 16.8. The third-order valence-electron chi connectivity index (χ3n) is 5.77. The highest BCUT2D eigenvalue weighted by molar-refractivity contribution is 6.21. The molecule has 2 aromatic rings. The van der Waals surface area contributed by atoms with Crippen LogP contribution in [0.3, 0.4) is 0 Å². The predicted molar refractivity (Wildman–Crippen MR) is 109 cm³/mol. The maximum atomic E-state index is 13.1. The number of esters is 1. The normalized spacial score (nSPS) is 20.1. The van der Waals surface area contributed by atoms with Gasteiger partial charge in [0.15, 0.2) is 0 Å². The number of imide groups is 1. The molecule has 0 fully saturated rings. The molecular weight excluding hydrogens is 384 g/mol. The lowest BCUT2D eigenvalue weighted by Crippen LogP contribution is -2.45. The van der Waals surface area contributed by atoms with Gasteiger partial charge in [-0.3, -0.25) is 24.1 Å². The Labute approximate surface area is 174 Å². The summed E-state index contributed by atoms with van der Waals surface area (Å²) in [5.74, 6) is -1.70. The molecule has 0 aromatic heterocycles. The van der Waals surface area contributed by atoms with E-state index in [0.29, 0.717) is 23.2 Å². The van der Waals surface area contributed by atoms with Crippen LogP contribution in [0, 0.1) is 0 Å². The van der Waals surface area contributed by atoms with Gasteiger partial charge >= 0.3 is 5.97 Å². The van der Waals surface area contributed by atoms with Crippen LogP contribution in [0.25, 0.3) is 0 Å². The van der Waals surface area contributed by atoms with Crippen LogP contribution >= 0.6 is 0 Å². The molecule has 0 aliphatic carbocycles. The number of benzene rings is 2. The molecule has 2 heterocycles. The Bertz CT molecular complexity index is 1010. The Kier molecular flexibility index (Phi) is 5.11. The number of nitrogens with zero attached hydrogens (tertiary/aromatic N) is 2. The monoisotopic (exact) mass is 406 g/mol. The lowest BCUT2D eigenvalue weighted by molar-refractivity contribution is -0.143. The highest BCUT2D eigenvalue weighted by Gasteiger charge is 2.39. The van der Waals surface area contributed by atoms with Crippen molar-refractivity contribution in [3.05, 3.63) is 65.2 Å². The predicted octanol–water partition coefficient (Wildman–Crippen LogP) is 2.75. The van der Waals surface area contributed by atoms with E-state index in [-0.39, 0.29) is 42.7 Å². The number of rotatable bonds is 4. The van der Waals surface area contributed by atoms with Crippen LogP contribution in [-0.4, -0.2) is 48.3 Å². The summed E-state index contributed by atoms with van der Waals surface area (Å²) in [5.41, 5.74) is 2.15. The number of carbonyl (C=O) groups is 4. The van der Waals surface area contributed by atoms with Gasteiger partial charge in [-0.15, -0.1) is 0 Å². The number of ether oxygens (including phenoxy) is 1. The number of carbonyl (C=O) groups excluding carboxylic acids is 4. The van der Waals surface area contributed by atoms with Crippen molar-refractivity contribution in [2.75, 3.05) is 18.6 Å². The summed E-state index contributed by atoms with van der Waals surface area (Å²) in [7, 11) is 1.36. The first kappa shape index (κ1) is 19.8. The molecule has 4 rings (SSSR count). The first-order chi connectivity index (χ1) is 14.4. The lowest BCUT2D eigenvalue weighted by atomic mass is 9.86. The van der Waals surface area contributed by atoms with E-state index in [2.05, 4.69) is 0 Å². The van der Waals surface area contributed by atoms with Gasteiger partial charge in [-0.05, 0) is 37.1 Å². The summed E-state index contributed by atoms with van der Waals surface area (Å²) in [4.78, 5) is 53.2. The van der Waals surface area contributed by atoms with E-state index in [9.17, 15) is 19.2 Å². The number of para-hydroxylation sites is 1. The third kappa shape index (κ3) is 3.16. The average Bonchev–Trinajstić information content (AvgIpc) is 3.01. The minimum Gasteiger partial charge on any atom is -0.469 e. The largest absolute Gasteiger partial charge is 0.469 e. The number of methoxy groups -OCH3 is 1. The first-order valence-corrected chi connectivity index (χ1v) is 9.88. The van der Waals surface area contributed by atoms with Gasteiger partial charge in [0.1, 0.15) is 0 Å². The standard InChI is InChI=1S/C23H22N2O5/c1-14-13-18(23(29)30-2)15-7-5-6-10-19(15)25(14)20(26)11-12-24-21(27)16-8-3-4-9-17(16)22(24)28/h3-10,14,18H,11-13H2,1-2H3. The van der Waals surface area contributed by atoms with Crippen LogP contribution in [-0.2, 0) is 14.3 Å². The molecule has 0 spiro atoms. The highest BCUT2D eigenvalue weighted by atomic mass is 16.5. The van der Waals surface area contributed by atoms with Gasteiger partial charge in [-0.25, -0.2) is 0 Å². The first-order valence-electron chi connectivity index (χ1n) is 9.88. The summed E-state index contributed by atoms with van der Waals surface area (Å²) in [5, 5.41) is 0. The molecule has 7 nitrogen and oxygen atoms in total. The van der Waals surface area contributed by atoms with Crippen molar-refractivity contribution in [3.63, 3.8) is 0 Å². The molecule has 154 valence electrons. The van der Waals surface area contributed by atoms with E-state index in [1.54, 1.807) is 35.2 Å². The fraction of sp³-hybridized carbons (Fsp3) is 0.304. The van der Waals surface area contributed by atoms with Gasteiger partial charge in [-0.1, -0.05) is 30.3 Å². The number of anilines is 1. The van der Waals surface area contributed by atoms with E-state index in [1.165, 1.54) is 7.11 Å². The van der Waals surface area contributed by atoms with Gasteiger partial charge in [0.2, 0.25) is 5.91 Å². The maximum Gasteiger partial charge on any atom is 0.313 e. The van der Waals surface area contributed by atoms with Crippen molar-refractivity contribution >= 4 is 29.4 Å². The quantitative estimate of drug-likeness (QED) is 0.576. The Morgan fingerprint density at radius 2 is 1.60 bits per heavy atom. The SMILES string of the molecule is COC(=O)C1CC(C)N(C(=O)CCN2C(=O)c3ccccc3C2=O)c2ccccc21. The fourth-order valence-corrected chi connectivity index (χ4v) is 4.33. The molecule has 30 heavy (non-hydrogen) atoms. The molecule has 0 saturated heterocycles. The van der Waals surface area contributed by atoms with Gasteiger partial charge in [0, 0.05) is 24.7 Å². The summed E-state index contributed by atoms with van der Waals surface area (Å²) >= 11 is 0. The lowest BCUT2D eigenvalue weighted by Gasteiger charge is -2.38. The summed E-state index contributed by atoms with van der Waals surface area (Å²) in [6.07, 6.45) is 0.454. The fourth-order valence-electron chi connectivity index (χ4n) is 4.33. The smallest absolute Gasteiger partial charge is 0.313 e. The van der Waals surface area contributed by atoms with Crippen LogP contribution in [0.5, 0.6) is 0 Å². The second-order valence-electron chi connectivity index (χ2n) is 7.54. The molecule has 7 heteroatoms. The summed E-state index contributed by atoms with van der Waals surface area (Å²) < 4.78 is 4.94. The molecule has 2 aromatic carbocycles. The van der Waals surface area contributed by atoms with E-state index in [1.807, 2.05) is 25.1 Å². The number of hydrogen-bond acceptors (Lipinski definition) is 5. The van der Waals surface area contributed by atoms with Crippen LogP contribution in [0.1, 0.15) is 52.0 Å². The molecule has 2 atom stereocenters. The second kappa shape index (κ2) is 7.74. The van der Waals surface area contributed by atoms with Crippen molar-refractivity contribution in [1.82, 2.24) is 4.90 Å². The van der Waals surface area contributed by atoms with E-state index >= 15 is 0 Å². The zero-order chi connectivity index (χ0) is 21.4. The highest BCUT2D eigenvalue weighted by Crippen LogP contribution is 2.39. The van der Waals surface area contributed by atoms with E-state index in [4.69, 9.17) is 4.74 Å². The van der Waals surface area contributed by atoms with Crippen LogP contribution in [0.2, 0.25) is 0 Å². The van der Waals surface area contributed by atoms with Gasteiger partial charge < -0.3 is 9.64 Å².